The van der Waals surface area contributed by atoms with Crippen molar-refractivity contribution in [2.45, 2.75) is 13.5 Å². The first-order valence-electron chi connectivity index (χ1n) is 8.49. The van der Waals surface area contributed by atoms with E-state index in [2.05, 4.69) is 0 Å². The first-order chi connectivity index (χ1) is 13.1. The minimum atomic E-state index is -0.674. The third kappa shape index (κ3) is 5.03. The number of nitrogens with zero attached hydrogens (tertiary/aromatic N) is 1. The molecule has 0 aliphatic rings. The van der Waals surface area contributed by atoms with Gasteiger partial charge in [0.25, 0.3) is 0 Å². The largest absolute Gasteiger partial charge is 0.366 e. The second-order valence-corrected chi connectivity index (χ2v) is 5.93. The Bertz CT molecular complexity index is 893. The summed E-state index contributed by atoms with van der Waals surface area (Å²) >= 11 is 0. The Hall–Kier alpha value is -3.44. The van der Waals surface area contributed by atoms with Gasteiger partial charge in [-0.25, -0.2) is 9.63 Å². The van der Waals surface area contributed by atoms with Gasteiger partial charge in [0.1, 0.15) is 6.61 Å². The normalized spacial score (nSPS) is 10.3. The van der Waals surface area contributed by atoms with Gasteiger partial charge in [-0.05, 0) is 42.0 Å². The van der Waals surface area contributed by atoms with Crippen molar-refractivity contribution in [3.63, 3.8) is 0 Å². The third-order valence-corrected chi connectivity index (χ3v) is 3.83. The number of amides is 1. The summed E-state index contributed by atoms with van der Waals surface area (Å²) in [6, 6.07) is 24.7. The maximum atomic E-state index is 12.7. The minimum absolute atomic E-state index is 0.0839. The van der Waals surface area contributed by atoms with Crippen LogP contribution in [0.25, 0.3) is 0 Å². The van der Waals surface area contributed by atoms with Crippen molar-refractivity contribution in [2.75, 3.05) is 0 Å². The van der Waals surface area contributed by atoms with E-state index >= 15 is 0 Å². The molecule has 1 amide bonds. The lowest BCUT2D eigenvalue weighted by atomic mass is 10.2. The molecular formula is C22H19NO4. The molecule has 27 heavy (non-hydrogen) atoms. The highest BCUT2D eigenvalue weighted by molar-refractivity contribution is 5.95. The number of carbonyl (C=O) groups excluding carboxylic acids is 2. The number of hydrogen-bond acceptors (Lipinski definition) is 4. The van der Waals surface area contributed by atoms with E-state index in [-0.39, 0.29) is 6.61 Å². The highest BCUT2D eigenvalue weighted by atomic mass is 17.0. The van der Waals surface area contributed by atoms with Gasteiger partial charge in [0, 0.05) is 5.56 Å². The molecule has 3 aromatic rings. The number of hydroxylamine groups is 2. The van der Waals surface area contributed by atoms with Crippen molar-refractivity contribution < 1.29 is 19.3 Å². The minimum Gasteiger partial charge on any atom is -0.306 e. The molecule has 5 nitrogen and oxygen atoms in total. The molecule has 0 saturated heterocycles. The quantitative estimate of drug-likeness (QED) is 0.634. The van der Waals surface area contributed by atoms with Crippen molar-refractivity contribution >= 4 is 11.9 Å². The molecule has 0 radical (unpaired) electrons. The Morgan fingerprint density at radius 2 is 1.37 bits per heavy atom. The molecule has 136 valence electrons. The zero-order chi connectivity index (χ0) is 19.1. The van der Waals surface area contributed by atoms with E-state index in [1.807, 2.05) is 37.3 Å². The fraction of sp³-hybridized carbons (Fsp3) is 0.0909. The van der Waals surface area contributed by atoms with Crippen LogP contribution in [-0.2, 0) is 16.3 Å². The molecule has 3 aromatic carbocycles. The van der Waals surface area contributed by atoms with Crippen LogP contribution in [-0.4, -0.2) is 17.1 Å². The second kappa shape index (κ2) is 8.78. The summed E-state index contributed by atoms with van der Waals surface area (Å²) in [6.07, 6.45) is 0. The van der Waals surface area contributed by atoms with Crippen molar-refractivity contribution in [1.82, 2.24) is 5.23 Å². The average molecular weight is 361 g/mol. The van der Waals surface area contributed by atoms with Gasteiger partial charge < -0.3 is 4.84 Å². The van der Waals surface area contributed by atoms with E-state index in [0.29, 0.717) is 16.4 Å². The molecule has 0 bridgehead atoms. The monoisotopic (exact) mass is 361 g/mol. The van der Waals surface area contributed by atoms with E-state index in [4.69, 9.17) is 9.68 Å². The predicted molar refractivity (Wildman–Crippen MR) is 100 cm³/mol. The zero-order valence-corrected chi connectivity index (χ0v) is 14.9. The van der Waals surface area contributed by atoms with Gasteiger partial charge in [0.15, 0.2) is 0 Å². The van der Waals surface area contributed by atoms with Crippen molar-refractivity contribution in [3.8, 4) is 0 Å². The first kappa shape index (κ1) is 18.4. The number of rotatable bonds is 5. The molecular weight excluding hydrogens is 342 g/mol. The number of benzene rings is 3. The maximum absolute atomic E-state index is 12.7. The Balaban J connectivity index is 1.77. The van der Waals surface area contributed by atoms with Crippen molar-refractivity contribution in [2.24, 2.45) is 0 Å². The summed E-state index contributed by atoms with van der Waals surface area (Å²) in [4.78, 5) is 35.9. The molecule has 0 N–H and O–H groups in total. The lowest BCUT2D eigenvalue weighted by Crippen LogP contribution is -2.33. The summed E-state index contributed by atoms with van der Waals surface area (Å²) in [5.41, 5.74) is 2.54. The molecule has 0 fully saturated rings. The van der Waals surface area contributed by atoms with Gasteiger partial charge in [0.2, 0.25) is 0 Å². The van der Waals surface area contributed by atoms with Crippen LogP contribution in [0.3, 0.4) is 0 Å². The molecule has 0 saturated carbocycles. The summed E-state index contributed by atoms with van der Waals surface area (Å²) in [6.45, 7) is 2.00. The van der Waals surface area contributed by atoms with Crippen LogP contribution in [0.2, 0.25) is 0 Å². The predicted octanol–water partition coefficient (Wildman–Crippen LogP) is 4.34. The molecule has 0 spiro atoms. The fourth-order valence-electron chi connectivity index (χ4n) is 2.34. The summed E-state index contributed by atoms with van der Waals surface area (Å²) < 4.78 is 0. The first-order valence-corrected chi connectivity index (χ1v) is 8.49. The topological polar surface area (TPSA) is 55.8 Å². The van der Waals surface area contributed by atoms with Crippen LogP contribution in [0.5, 0.6) is 0 Å². The van der Waals surface area contributed by atoms with Gasteiger partial charge in [-0.2, -0.15) is 0 Å². The smallest absolute Gasteiger partial charge is 0.306 e. The fourth-order valence-corrected chi connectivity index (χ4v) is 2.34. The summed E-state index contributed by atoms with van der Waals surface area (Å²) in [5, 5.41) is 0.643. The van der Waals surface area contributed by atoms with E-state index in [9.17, 15) is 9.59 Å². The van der Waals surface area contributed by atoms with Gasteiger partial charge >= 0.3 is 11.9 Å². The zero-order valence-electron chi connectivity index (χ0n) is 14.9. The molecule has 0 heterocycles. The standard InChI is InChI=1S/C22H19NO4/c1-17-12-14-20(15-13-17)22(25)27-23(21(24)19-10-6-3-7-11-19)26-16-18-8-4-2-5-9-18/h2-15H,16H2,1H3. The van der Waals surface area contributed by atoms with Crippen LogP contribution in [0, 0.1) is 6.92 Å². The van der Waals surface area contributed by atoms with E-state index in [0.717, 1.165) is 11.1 Å². The summed E-state index contributed by atoms with van der Waals surface area (Å²) in [5.74, 6) is -1.24. The van der Waals surface area contributed by atoms with Crippen LogP contribution in [0.4, 0.5) is 0 Å². The molecule has 0 atom stereocenters. The second-order valence-electron chi connectivity index (χ2n) is 5.93. The molecule has 5 heteroatoms. The van der Waals surface area contributed by atoms with Gasteiger partial charge in [-0.1, -0.05) is 66.2 Å². The number of aryl methyl sites for hydroxylation is 1. The van der Waals surface area contributed by atoms with Crippen LogP contribution in [0.15, 0.2) is 84.9 Å². The molecule has 0 aliphatic carbocycles. The SMILES string of the molecule is Cc1ccc(C(=O)ON(OCc2ccccc2)C(=O)c2ccccc2)cc1. The lowest BCUT2D eigenvalue weighted by molar-refractivity contribution is -0.300. The van der Waals surface area contributed by atoms with E-state index in [1.165, 1.54) is 0 Å². The highest BCUT2D eigenvalue weighted by Gasteiger charge is 2.23. The van der Waals surface area contributed by atoms with Gasteiger partial charge in [-0.15, -0.1) is 0 Å². The lowest BCUT2D eigenvalue weighted by Gasteiger charge is -2.20. The maximum Gasteiger partial charge on any atom is 0.366 e. The molecule has 3 rings (SSSR count). The van der Waals surface area contributed by atoms with Gasteiger partial charge in [-0.3, -0.25) is 4.79 Å². The van der Waals surface area contributed by atoms with Crippen LogP contribution >= 0.6 is 0 Å². The van der Waals surface area contributed by atoms with Crippen LogP contribution < -0.4 is 0 Å². The number of hydrogen-bond donors (Lipinski definition) is 0. The summed E-state index contributed by atoms with van der Waals surface area (Å²) in [7, 11) is 0. The van der Waals surface area contributed by atoms with E-state index < -0.39 is 11.9 Å². The third-order valence-electron chi connectivity index (χ3n) is 3.83. The Morgan fingerprint density at radius 3 is 2.00 bits per heavy atom. The average Bonchev–Trinajstić information content (AvgIpc) is 2.72. The highest BCUT2D eigenvalue weighted by Crippen LogP contribution is 2.12. The Labute approximate surface area is 157 Å². The van der Waals surface area contributed by atoms with Crippen molar-refractivity contribution in [3.05, 3.63) is 107 Å². The molecule has 0 aromatic heterocycles. The van der Waals surface area contributed by atoms with Crippen LogP contribution in [0.1, 0.15) is 31.8 Å². The Morgan fingerprint density at radius 1 is 0.778 bits per heavy atom. The van der Waals surface area contributed by atoms with Gasteiger partial charge in [0.05, 0.1) is 5.56 Å². The molecule has 0 unspecified atom stereocenters. The van der Waals surface area contributed by atoms with E-state index in [1.54, 1.807) is 54.6 Å². The van der Waals surface area contributed by atoms with Crippen molar-refractivity contribution in [1.29, 1.82) is 0 Å². The molecule has 0 aliphatic heterocycles. The number of carbonyl (C=O) groups is 2. The Kier molecular flexibility index (Phi) is 5.97.